The Balaban J connectivity index is 1.35. The third-order valence-corrected chi connectivity index (χ3v) is 5.68. The second-order valence-electron chi connectivity index (χ2n) is 7.67. The lowest BCUT2D eigenvalue weighted by atomic mass is 10.1. The summed E-state index contributed by atoms with van der Waals surface area (Å²) in [7, 11) is 1.90. The van der Waals surface area contributed by atoms with Crippen molar-refractivity contribution in [2.75, 3.05) is 29.9 Å². The van der Waals surface area contributed by atoms with Crippen molar-refractivity contribution in [1.82, 2.24) is 29.5 Å². The maximum Gasteiger partial charge on any atom is 0.280 e. The van der Waals surface area contributed by atoms with Gasteiger partial charge in [0.15, 0.2) is 5.82 Å². The van der Waals surface area contributed by atoms with Gasteiger partial charge in [0, 0.05) is 50.9 Å². The molecule has 10 heteroatoms. The van der Waals surface area contributed by atoms with E-state index in [2.05, 4.69) is 30.0 Å². The fraction of sp³-hybridized carbons (Fsp3) is 0.526. The topological polar surface area (TPSA) is 75.3 Å². The molecule has 1 saturated heterocycles. The molecule has 0 bridgehead atoms. The lowest BCUT2D eigenvalue weighted by molar-refractivity contribution is 0.145. The van der Waals surface area contributed by atoms with Crippen molar-refractivity contribution in [2.45, 2.75) is 44.6 Å². The van der Waals surface area contributed by atoms with Crippen molar-refractivity contribution in [3.8, 4) is 0 Å². The predicted molar refractivity (Wildman–Crippen MR) is 104 cm³/mol. The van der Waals surface area contributed by atoms with Gasteiger partial charge in [-0.2, -0.15) is 0 Å². The van der Waals surface area contributed by atoms with Crippen molar-refractivity contribution in [2.24, 2.45) is 0 Å². The Bertz CT molecular complexity index is 1020. The van der Waals surface area contributed by atoms with Crippen LogP contribution in [0.3, 0.4) is 0 Å². The number of nitrogens with zero attached hydrogens (tertiary/aromatic N) is 8. The summed E-state index contributed by atoms with van der Waals surface area (Å²) in [4.78, 5) is 17.2. The van der Waals surface area contributed by atoms with E-state index in [9.17, 15) is 8.78 Å². The van der Waals surface area contributed by atoms with Crippen LogP contribution in [-0.4, -0.2) is 55.7 Å². The molecule has 1 saturated carbocycles. The number of anilines is 2. The Labute approximate surface area is 166 Å². The summed E-state index contributed by atoms with van der Waals surface area (Å²) < 4.78 is 28.5. The number of fused-ring (bicyclic) bond motifs is 1. The first-order valence-electron chi connectivity index (χ1n) is 9.88. The molecule has 0 unspecified atom stereocenters. The summed E-state index contributed by atoms with van der Waals surface area (Å²) in [6.07, 6.45) is 3.76. The minimum absolute atomic E-state index is 0.151. The number of aromatic nitrogens is 6. The zero-order chi connectivity index (χ0) is 20.1. The van der Waals surface area contributed by atoms with E-state index in [0.29, 0.717) is 24.7 Å². The first kappa shape index (κ1) is 18.1. The number of halogens is 2. The fourth-order valence-corrected chi connectivity index (χ4v) is 3.67. The molecule has 2 aliphatic rings. The van der Waals surface area contributed by atoms with E-state index in [-0.39, 0.29) is 17.7 Å². The molecule has 5 rings (SSSR count). The van der Waals surface area contributed by atoms with Crippen molar-refractivity contribution in [1.29, 1.82) is 0 Å². The van der Waals surface area contributed by atoms with Crippen LogP contribution in [0.1, 0.15) is 49.5 Å². The molecule has 2 fully saturated rings. The van der Waals surface area contributed by atoms with Gasteiger partial charge in [0.05, 0.1) is 6.04 Å². The van der Waals surface area contributed by atoms with Crippen LogP contribution in [0.4, 0.5) is 20.4 Å². The van der Waals surface area contributed by atoms with Gasteiger partial charge < -0.3 is 9.80 Å². The molecule has 0 spiro atoms. The molecule has 3 aromatic heterocycles. The Morgan fingerprint density at radius 1 is 1.21 bits per heavy atom. The summed E-state index contributed by atoms with van der Waals surface area (Å²) >= 11 is 0. The van der Waals surface area contributed by atoms with Gasteiger partial charge in [0.25, 0.3) is 6.43 Å². The van der Waals surface area contributed by atoms with Crippen LogP contribution in [0, 0.1) is 0 Å². The van der Waals surface area contributed by atoms with Crippen LogP contribution in [0.25, 0.3) is 5.65 Å². The largest absolute Gasteiger partial charge is 0.353 e. The smallest absolute Gasteiger partial charge is 0.280 e. The Kier molecular flexibility index (Phi) is 4.29. The average Bonchev–Trinajstić information content (AvgIpc) is 3.46. The maximum absolute atomic E-state index is 13.3. The van der Waals surface area contributed by atoms with Crippen LogP contribution in [0.2, 0.25) is 0 Å². The van der Waals surface area contributed by atoms with Gasteiger partial charge in [0.2, 0.25) is 5.65 Å². The van der Waals surface area contributed by atoms with E-state index in [1.165, 1.54) is 6.07 Å². The predicted octanol–water partition coefficient (Wildman–Crippen LogP) is 2.62. The number of hydrogen-bond donors (Lipinski definition) is 0. The normalized spacial score (nSPS) is 17.2. The SMILES string of the molecule is CCc1nnc2c(N3CC(N(C)c4cc(C(F)F)nc(C5CC5)n4)C3)nccn12. The van der Waals surface area contributed by atoms with Crippen molar-refractivity contribution in [3.05, 3.63) is 35.8 Å². The van der Waals surface area contributed by atoms with Crippen LogP contribution in [0.15, 0.2) is 18.5 Å². The van der Waals surface area contributed by atoms with Gasteiger partial charge in [-0.3, -0.25) is 4.40 Å². The third kappa shape index (κ3) is 3.16. The van der Waals surface area contributed by atoms with E-state index in [0.717, 1.165) is 36.6 Å². The minimum Gasteiger partial charge on any atom is -0.353 e. The summed E-state index contributed by atoms with van der Waals surface area (Å²) in [6.45, 7) is 3.46. The summed E-state index contributed by atoms with van der Waals surface area (Å²) in [6, 6.07) is 1.56. The molecule has 0 N–H and O–H groups in total. The van der Waals surface area contributed by atoms with Gasteiger partial charge in [-0.1, -0.05) is 6.92 Å². The van der Waals surface area contributed by atoms with Gasteiger partial charge >= 0.3 is 0 Å². The van der Waals surface area contributed by atoms with Crippen LogP contribution < -0.4 is 9.80 Å². The molecule has 0 aromatic carbocycles. The summed E-state index contributed by atoms with van der Waals surface area (Å²) in [5, 5.41) is 8.50. The molecule has 152 valence electrons. The Hall–Kier alpha value is -2.91. The highest BCUT2D eigenvalue weighted by molar-refractivity contribution is 5.66. The molecule has 1 aliphatic heterocycles. The van der Waals surface area contributed by atoms with Gasteiger partial charge in [-0.25, -0.2) is 23.7 Å². The highest BCUT2D eigenvalue weighted by atomic mass is 19.3. The molecular formula is C19H22F2N8. The first-order valence-corrected chi connectivity index (χ1v) is 9.88. The molecule has 8 nitrogen and oxygen atoms in total. The quantitative estimate of drug-likeness (QED) is 0.630. The number of aryl methyl sites for hydroxylation is 1. The second kappa shape index (κ2) is 6.85. The van der Waals surface area contributed by atoms with Crippen molar-refractivity contribution < 1.29 is 8.78 Å². The summed E-state index contributed by atoms with van der Waals surface area (Å²) in [5.74, 6) is 3.01. The summed E-state index contributed by atoms with van der Waals surface area (Å²) in [5.41, 5.74) is 0.547. The average molecular weight is 400 g/mol. The molecule has 0 amide bonds. The molecule has 29 heavy (non-hydrogen) atoms. The van der Waals surface area contributed by atoms with Crippen molar-refractivity contribution >= 4 is 17.3 Å². The lowest BCUT2D eigenvalue weighted by Crippen LogP contribution is -2.59. The highest BCUT2D eigenvalue weighted by Crippen LogP contribution is 2.39. The van der Waals surface area contributed by atoms with Crippen LogP contribution in [-0.2, 0) is 6.42 Å². The zero-order valence-corrected chi connectivity index (χ0v) is 16.3. The van der Waals surface area contributed by atoms with E-state index in [1.807, 2.05) is 29.5 Å². The first-order chi connectivity index (χ1) is 14.0. The number of alkyl halides is 2. The Morgan fingerprint density at radius 2 is 2.00 bits per heavy atom. The molecular weight excluding hydrogens is 378 g/mol. The monoisotopic (exact) mass is 400 g/mol. The fourth-order valence-electron chi connectivity index (χ4n) is 3.67. The highest BCUT2D eigenvalue weighted by Gasteiger charge is 2.35. The lowest BCUT2D eigenvalue weighted by Gasteiger charge is -2.45. The van der Waals surface area contributed by atoms with E-state index < -0.39 is 6.43 Å². The van der Waals surface area contributed by atoms with Gasteiger partial charge in [0.1, 0.15) is 23.2 Å². The van der Waals surface area contributed by atoms with Gasteiger partial charge in [-0.15, -0.1) is 10.2 Å². The third-order valence-electron chi connectivity index (χ3n) is 5.68. The molecule has 0 atom stereocenters. The number of hydrogen-bond acceptors (Lipinski definition) is 7. The van der Waals surface area contributed by atoms with Crippen molar-refractivity contribution in [3.63, 3.8) is 0 Å². The zero-order valence-electron chi connectivity index (χ0n) is 16.3. The standard InChI is InChI=1S/C19H22F2N8/c1-3-14-25-26-19-18(22-6-7-29(14)19)28-9-12(10-28)27(2)15-8-13(16(20)21)23-17(24-15)11-4-5-11/h6-8,11-12,16H,3-5,9-10H2,1-2H3. The second-order valence-corrected chi connectivity index (χ2v) is 7.67. The van der Waals surface area contributed by atoms with Crippen LogP contribution >= 0.6 is 0 Å². The van der Waals surface area contributed by atoms with E-state index >= 15 is 0 Å². The Morgan fingerprint density at radius 3 is 2.69 bits per heavy atom. The maximum atomic E-state index is 13.3. The number of likely N-dealkylation sites (N-methyl/N-ethyl adjacent to an activating group) is 1. The molecule has 4 heterocycles. The number of rotatable bonds is 6. The minimum atomic E-state index is -2.59. The van der Waals surface area contributed by atoms with E-state index in [4.69, 9.17) is 0 Å². The molecule has 3 aromatic rings. The van der Waals surface area contributed by atoms with E-state index in [1.54, 1.807) is 6.20 Å². The van der Waals surface area contributed by atoms with Crippen LogP contribution in [0.5, 0.6) is 0 Å². The van der Waals surface area contributed by atoms with Gasteiger partial charge in [-0.05, 0) is 12.8 Å². The molecule has 1 aliphatic carbocycles. The molecule has 0 radical (unpaired) electrons.